The van der Waals surface area contributed by atoms with Crippen molar-refractivity contribution in [3.8, 4) is 0 Å². The molecule has 0 aromatic carbocycles. The zero-order valence-corrected chi connectivity index (χ0v) is 10.9. The van der Waals surface area contributed by atoms with E-state index in [0.717, 1.165) is 44.8 Å². The van der Waals surface area contributed by atoms with Crippen LogP contribution in [0.5, 0.6) is 0 Å². The van der Waals surface area contributed by atoms with E-state index in [-0.39, 0.29) is 0 Å². The van der Waals surface area contributed by atoms with Crippen LogP contribution in [0.15, 0.2) is 23.5 Å². The van der Waals surface area contributed by atoms with Gasteiger partial charge in [-0.3, -0.25) is 4.90 Å². The van der Waals surface area contributed by atoms with Crippen LogP contribution in [-0.2, 0) is 4.74 Å². The van der Waals surface area contributed by atoms with Gasteiger partial charge in [-0.1, -0.05) is 0 Å². The van der Waals surface area contributed by atoms with E-state index in [4.69, 9.17) is 10.5 Å². The molecule has 96 valence electrons. The van der Waals surface area contributed by atoms with Gasteiger partial charge in [-0.15, -0.1) is 0 Å². The van der Waals surface area contributed by atoms with Crippen molar-refractivity contribution < 1.29 is 4.74 Å². The highest BCUT2D eigenvalue weighted by molar-refractivity contribution is 5.21. The minimum atomic E-state index is 0.624. The quantitative estimate of drug-likeness (QED) is 0.767. The van der Waals surface area contributed by atoms with Crippen LogP contribution >= 0.6 is 0 Å². The van der Waals surface area contributed by atoms with E-state index >= 15 is 0 Å². The first-order valence-corrected chi connectivity index (χ1v) is 6.31. The van der Waals surface area contributed by atoms with Crippen LogP contribution in [0.4, 0.5) is 0 Å². The zero-order valence-electron chi connectivity index (χ0n) is 10.9. The standard InChI is InChI=1S/C13H23N3O/c1-15(12-5-3-11(14)4-6-12)7-8-16(2)13-9-17-10-13/h3,5,13H,4,6-10,14H2,1-2H3. The molecule has 1 aliphatic carbocycles. The molecule has 0 saturated carbocycles. The maximum Gasteiger partial charge on any atom is 0.0645 e. The summed E-state index contributed by atoms with van der Waals surface area (Å²) in [6, 6.07) is 0.624. The van der Waals surface area contributed by atoms with Crippen molar-refractivity contribution in [2.45, 2.75) is 18.9 Å². The molecule has 0 spiro atoms. The van der Waals surface area contributed by atoms with Gasteiger partial charge < -0.3 is 15.4 Å². The van der Waals surface area contributed by atoms with Gasteiger partial charge in [0.2, 0.25) is 0 Å². The first-order chi connectivity index (χ1) is 8.16. The van der Waals surface area contributed by atoms with E-state index in [0.29, 0.717) is 6.04 Å². The van der Waals surface area contributed by atoms with E-state index in [1.807, 2.05) is 6.08 Å². The van der Waals surface area contributed by atoms with Gasteiger partial charge in [0.25, 0.3) is 0 Å². The lowest BCUT2D eigenvalue weighted by Crippen LogP contribution is -2.48. The highest BCUT2D eigenvalue weighted by Gasteiger charge is 2.22. The predicted molar refractivity (Wildman–Crippen MR) is 69.5 cm³/mol. The lowest BCUT2D eigenvalue weighted by atomic mass is 10.1. The summed E-state index contributed by atoms with van der Waals surface area (Å²) in [6.07, 6.45) is 6.22. The molecule has 4 heteroatoms. The molecule has 0 amide bonds. The molecule has 2 aliphatic rings. The van der Waals surface area contributed by atoms with Crippen molar-refractivity contribution in [2.75, 3.05) is 40.4 Å². The number of likely N-dealkylation sites (N-methyl/N-ethyl adjacent to an activating group) is 2. The third-order valence-corrected chi connectivity index (χ3v) is 3.68. The maximum absolute atomic E-state index is 5.76. The fraction of sp³-hybridized carbons (Fsp3) is 0.692. The molecule has 0 bridgehead atoms. The third kappa shape index (κ3) is 3.23. The summed E-state index contributed by atoms with van der Waals surface area (Å²) in [6.45, 7) is 3.93. The number of allylic oxidation sites excluding steroid dienone is 4. The van der Waals surface area contributed by atoms with Gasteiger partial charge in [-0.25, -0.2) is 0 Å². The van der Waals surface area contributed by atoms with E-state index in [1.54, 1.807) is 0 Å². The smallest absolute Gasteiger partial charge is 0.0645 e. The minimum absolute atomic E-state index is 0.624. The van der Waals surface area contributed by atoms with Crippen molar-refractivity contribution in [1.82, 2.24) is 9.80 Å². The van der Waals surface area contributed by atoms with E-state index in [2.05, 4.69) is 30.0 Å². The molecule has 2 rings (SSSR count). The Kier molecular flexibility index (Phi) is 4.07. The summed E-state index contributed by atoms with van der Waals surface area (Å²) in [5, 5.41) is 0. The first-order valence-electron chi connectivity index (χ1n) is 6.31. The van der Waals surface area contributed by atoms with Crippen molar-refractivity contribution in [3.05, 3.63) is 23.5 Å². The number of hydrogen-bond acceptors (Lipinski definition) is 4. The van der Waals surface area contributed by atoms with Gasteiger partial charge in [0.1, 0.15) is 0 Å². The minimum Gasteiger partial charge on any atom is -0.402 e. The lowest BCUT2D eigenvalue weighted by Gasteiger charge is -2.36. The monoisotopic (exact) mass is 237 g/mol. The second kappa shape index (κ2) is 5.56. The molecular formula is C13H23N3O. The molecule has 4 nitrogen and oxygen atoms in total. The Balaban J connectivity index is 1.75. The van der Waals surface area contributed by atoms with Gasteiger partial charge in [0.05, 0.1) is 19.3 Å². The lowest BCUT2D eigenvalue weighted by molar-refractivity contribution is -0.0567. The SMILES string of the molecule is CN(CCN(C)C1COC1)C1=CC=C(N)CC1. The molecule has 0 aromatic heterocycles. The van der Waals surface area contributed by atoms with Crippen LogP contribution in [0.3, 0.4) is 0 Å². The number of nitrogens with two attached hydrogens (primary N) is 1. The van der Waals surface area contributed by atoms with Crippen molar-refractivity contribution >= 4 is 0 Å². The second-order valence-corrected chi connectivity index (χ2v) is 4.99. The van der Waals surface area contributed by atoms with E-state index in [9.17, 15) is 0 Å². The molecule has 1 heterocycles. The first kappa shape index (κ1) is 12.5. The average Bonchev–Trinajstić information content (AvgIpc) is 2.24. The Morgan fingerprint density at radius 3 is 2.53 bits per heavy atom. The Labute approximate surface area is 104 Å². The van der Waals surface area contributed by atoms with E-state index in [1.165, 1.54) is 5.70 Å². The average molecular weight is 237 g/mol. The van der Waals surface area contributed by atoms with Crippen LogP contribution in [-0.4, -0.2) is 56.2 Å². The van der Waals surface area contributed by atoms with Crippen molar-refractivity contribution in [1.29, 1.82) is 0 Å². The highest BCUT2D eigenvalue weighted by atomic mass is 16.5. The van der Waals surface area contributed by atoms with Crippen LogP contribution in [0.25, 0.3) is 0 Å². The molecule has 0 unspecified atom stereocenters. The molecular weight excluding hydrogens is 214 g/mol. The molecule has 1 saturated heterocycles. The Hall–Kier alpha value is -1.00. The van der Waals surface area contributed by atoms with Crippen molar-refractivity contribution in [2.24, 2.45) is 5.73 Å². The Morgan fingerprint density at radius 1 is 1.24 bits per heavy atom. The highest BCUT2D eigenvalue weighted by Crippen LogP contribution is 2.17. The molecule has 0 atom stereocenters. The van der Waals surface area contributed by atoms with Crippen LogP contribution in [0.1, 0.15) is 12.8 Å². The number of hydrogen-bond donors (Lipinski definition) is 1. The largest absolute Gasteiger partial charge is 0.402 e. The summed E-state index contributed by atoms with van der Waals surface area (Å²) in [7, 11) is 4.33. The van der Waals surface area contributed by atoms with Gasteiger partial charge >= 0.3 is 0 Å². The van der Waals surface area contributed by atoms with Gasteiger partial charge in [-0.05, 0) is 32.0 Å². The topological polar surface area (TPSA) is 41.7 Å². The molecule has 0 radical (unpaired) electrons. The Bertz CT molecular complexity index is 321. The van der Waals surface area contributed by atoms with Gasteiger partial charge in [0, 0.05) is 31.5 Å². The third-order valence-electron chi connectivity index (χ3n) is 3.68. The fourth-order valence-electron chi connectivity index (χ4n) is 2.07. The van der Waals surface area contributed by atoms with Gasteiger partial charge in [0.15, 0.2) is 0 Å². The number of nitrogens with zero attached hydrogens (tertiary/aromatic N) is 2. The maximum atomic E-state index is 5.76. The zero-order chi connectivity index (χ0) is 12.3. The molecule has 1 fully saturated rings. The fourth-order valence-corrected chi connectivity index (χ4v) is 2.07. The summed E-state index contributed by atoms with van der Waals surface area (Å²) >= 11 is 0. The molecule has 1 aliphatic heterocycles. The van der Waals surface area contributed by atoms with Crippen molar-refractivity contribution in [3.63, 3.8) is 0 Å². The second-order valence-electron chi connectivity index (χ2n) is 4.99. The molecule has 17 heavy (non-hydrogen) atoms. The summed E-state index contributed by atoms with van der Waals surface area (Å²) < 4.78 is 5.20. The number of ether oxygens (including phenoxy) is 1. The van der Waals surface area contributed by atoms with Crippen LogP contribution < -0.4 is 5.73 Å². The Morgan fingerprint density at radius 2 is 2.00 bits per heavy atom. The van der Waals surface area contributed by atoms with Gasteiger partial charge in [-0.2, -0.15) is 0 Å². The normalized spacial score (nSPS) is 20.9. The predicted octanol–water partition coefficient (Wildman–Crippen LogP) is 0.769. The molecule has 2 N–H and O–H groups in total. The van der Waals surface area contributed by atoms with E-state index < -0.39 is 0 Å². The molecule has 0 aromatic rings. The van der Waals surface area contributed by atoms with Crippen LogP contribution in [0.2, 0.25) is 0 Å². The van der Waals surface area contributed by atoms with Crippen LogP contribution in [0, 0.1) is 0 Å². The number of rotatable bonds is 5. The summed E-state index contributed by atoms with van der Waals surface area (Å²) in [5.41, 5.74) is 8.14. The summed E-state index contributed by atoms with van der Waals surface area (Å²) in [4.78, 5) is 4.71. The summed E-state index contributed by atoms with van der Waals surface area (Å²) in [5.74, 6) is 0.